The van der Waals surface area contributed by atoms with Crippen LogP contribution in [-0.2, 0) is 4.79 Å². The number of methoxy groups -OCH3 is 1. The Morgan fingerprint density at radius 1 is 1.10 bits per heavy atom. The van der Waals surface area contributed by atoms with Crippen LogP contribution in [0.1, 0.15) is 23.5 Å². The molecule has 0 fully saturated rings. The van der Waals surface area contributed by atoms with E-state index in [-0.39, 0.29) is 11.9 Å². The molecular formula is C24H22N2O2S. The maximum absolute atomic E-state index is 12.7. The molecule has 0 spiro atoms. The molecule has 1 amide bonds. The van der Waals surface area contributed by atoms with Gasteiger partial charge in [0.25, 0.3) is 0 Å². The van der Waals surface area contributed by atoms with Gasteiger partial charge in [-0.15, -0.1) is 11.3 Å². The number of ether oxygens (including phenoxy) is 1. The maximum Gasteiger partial charge on any atom is 0.246 e. The zero-order valence-electron chi connectivity index (χ0n) is 16.6. The summed E-state index contributed by atoms with van der Waals surface area (Å²) < 4.78 is 6.41. The van der Waals surface area contributed by atoms with E-state index < -0.39 is 0 Å². The smallest absolute Gasteiger partial charge is 0.246 e. The molecule has 29 heavy (non-hydrogen) atoms. The average molecular weight is 403 g/mol. The second kappa shape index (κ2) is 8.05. The van der Waals surface area contributed by atoms with Crippen molar-refractivity contribution in [3.05, 3.63) is 77.3 Å². The predicted molar refractivity (Wildman–Crippen MR) is 120 cm³/mol. The van der Waals surface area contributed by atoms with Gasteiger partial charge in [0.2, 0.25) is 5.91 Å². The first-order chi connectivity index (χ1) is 14.0. The van der Waals surface area contributed by atoms with E-state index in [0.717, 1.165) is 37.3 Å². The highest BCUT2D eigenvalue weighted by molar-refractivity contribution is 7.18. The van der Waals surface area contributed by atoms with E-state index in [1.807, 2.05) is 68.6 Å². The van der Waals surface area contributed by atoms with Crippen molar-refractivity contribution in [1.29, 1.82) is 0 Å². The first kappa shape index (κ1) is 19.2. The summed E-state index contributed by atoms with van der Waals surface area (Å²) in [4.78, 5) is 19.1. The van der Waals surface area contributed by atoms with Gasteiger partial charge in [0, 0.05) is 13.1 Å². The summed E-state index contributed by atoms with van der Waals surface area (Å²) in [6.45, 7) is 2.01. The van der Waals surface area contributed by atoms with Gasteiger partial charge in [-0.1, -0.05) is 30.3 Å². The molecule has 3 aromatic carbocycles. The van der Waals surface area contributed by atoms with Gasteiger partial charge >= 0.3 is 0 Å². The van der Waals surface area contributed by atoms with Crippen LogP contribution in [0.15, 0.2) is 66.7 Å². The zero-order valence-corrected chi connectivity index (χ0v) is 17.4. The van der Waals surface area contributed by atoms with E-state index in [9.17, 15) is 4.79 Å². The lowest BCUT2D eigenvalue weighted by Gasteiger charge is -2.21. The Labute approximate surface area is 174 Å². The molecule has 0 aliphatic carbocycles. The van der Waals surface area contributed by atoms with Crippen molar-refractivity contribution in [2.75, 3.05) is 14.2 Å². The van der Waals surface area contributed by atoms with E-state index in [1.165, 1.54) is 0 Å². The van der Waals surface area contributed by atoms with Gasteiger partial charge < -0.3 is 9.64 Å². The van der Waals surface area contributed by atoms with Crippen LogP contribution in [0, 0.1) is 0 Å². The molecule has 0 saturated heterocycles. The molecule has 1 aromatic heterocycles. The highest BCUT2D eigenvalue weighted by Gasteiger charge is 2.19. The van der Waals surface area contributed by atoms with Crippen LogP contribution in [0.3, 0.4) is 0 Å². The van der Waals surface area contributed by atoms with Crippen molar-refractivity contribution in [2.24, 2.45) is 0 Å². The van der Waals surface area contributed by atoms with Crippen molar-refractivity contribution < 1.29 is 9.53 Å². The molecule has 0 N–H and O–H groups in total. The Hall–Kier alpha value is -3.18. The van der Waals surface area contributed by atoms with E-state index in [4.69, 9.17) is 4.74 Å². The minimum atomic E-state index is -0.0892. The van der Waals surface area contributed by atoms with Crippen LogP contribution in [0.25, 0.3) is 27.1 Å². The number of hydrogen-bond acceptors (Lipinski definition) is 4. The molecule has 0 bridgehead atoms. The Morgan fingerprint density at radius 3 is 2.66 bits per heavy atom. The number of amides is 1. The van der Waals surface area contributed by atoms with E-state index in [0.29, 0.717) is 0 Å². The summed E-state index contributed by atoms with van der Waals surface area (Å²) in [6, 6.07) is 20.0. The Bertz CT molecular complexity index is 1180. The van der Waals surface area contributed by atoms with Gasteiger partial charge in [0.15, 0.2) is 0 Å². The van der Waals surface area contributed by atoms with Gasteiger partial charge in [0.05, 0.1) is 23.4 Å². The number of para-hydroxylation sites is 1. The third kappa shape index (κ3) is 4.00. The molecule has 4 nitrogen and oxygen atoms in total. The molecule has 0 radical (unpaired) electrons. The molecule has 4 rings (SSSR count). The van der Waals surface area contributed by atoms with Crippen LogP contribution >= 0.6 is 11.3 Å². The van der Waals surface area contributed by atoms with Crippen molar-refractivity contribution in [3.63, 3.8) is 0 Å². The summed E-state index contributed by atoms with van der Waals surface area (Å²) in [7, 11) is 3.48. The largest absolute Gasteiger partial charge is 0.497 e. The minimum Gasteiger partial charge on any atom is -0.497 e. The van der Waals surface area contributed by atoms with Crippen LogP contribution in [0.5, 0.6) is 5.75 Å². The Kier molecular flexibility index (Phi) is 5.32. The van der Waals surface area contributed by atoms with Gasteiger partial charge in [-0.3, -0.25) is 4.79 Å². The minimum absolute atomic E-state index is 0.0495. The first-order valence-corrected chi connectivity index (χ1v) is 10.2. The second-order valence-electron chi connectivity index (χ2n) is 6.95. The number of nitrogens with zero attached hydrogens (tertiary/aromatic N) is 2. The van der Waals surface area contributed by atoms with Gasteiger partial charge in [-0.2, -0.15) is 0 Å². The molecule has 0 aliphatic heterocycles. The molecule has 0 unspecified atom stereocenters. The lowest BCUT2D eigenvalue weighted by Crippen LogP contribution is -2.27. The summed E-state index contributed by atoms with van der Waals surface area (Å²) in [5, 5.41) is 3.15. The van der Waals surface area contributed by atoms with E-state index in [1.54, 1.807) is 29.4 Å². The molecule has 1 heterocycles. The average Bonchev–Trinajstić information content (AvgIpc) is 3.20. The molecule has 4 aromatic rings. The highest BCUT2D eigenvalue weighted by atomic mass is 32.1. The lowest BCUT2D eigenvalue weighted by atomic mass is 10.1. The van der Waals surface area contributed by atoms with E-state index >= 15 is 0 Å². The Morgan fingerprint density at radius 2 is 1.86 bits per heavy atom. The summed E-state index contributed by atoms with van der Waals surface area (Å²) in [5.74, 6) is 0.785. The summed E-state index contributed by atoms with van der Waals surface area (Å²) >= 11 is 1.63. The normalized spacial score (nSPS) is 12.5. The third-order valence-corrected chi connectivity index (χ3v) is 6.29. The van der Waals surface area contributed by atoms with Gasteiger partial charge in [-0.05, 0) is 59.7 Å². The molecule has 0 aliphatic rings. The number of carbonyl (C=O) groups is 1. The van der Waals surface area contributed by atoms with Crippen LogP contribution in [0.2, 0.25) is 0 Å². The number of benzene rings is 3. The number of rotatable bonds is 5. The number of hydrogen-bond donors (Lipinski definition) is 0. The van der Waals surface area contributed by atoms with Crippen molar-refractivity contribution in [3.8, 4) is 5.75 Å². The number of carbonyl (C=O) groups excluding carboxylic acids is 1. The molecule has 146 valence electrons. The topological polar surface area (TPSA) is 42.4 Å². The molecular weight excluding hydrogens is 380 g/mol. The van der Waals surface area contributed by atoms with Crippen molar-refractivity contribution >= 4 is 44.3 Å². The standard InChI is InChI=1S/C24H22N2O2S/c1-16(24-25-21-6-4-5-7-22(21)29-24)26(2)23(27)13-9-17-8-10-19-15-20(28-3)12-11-18(19)14-17/h4-16H,1-3H3/b13-9+/t16-/m0/s1. The van der Waals surface area contributed by atoms with Gasteiger partial charge in [-0.25, -0.2) is 4.98 Å². The fourth-order valence-corrected chi connectivity index (χ4v) is 4.25. The lowest BCUT2D eigenvalue weighted by molar-refractivity contribution is -0.126. The molecule has 5 heteroatoms. The Balaban J connectivity index is 1.50. The summed E-state index contributed by atoms with van der Waals surface area (Å²) in [6.07, 6.45) is 3.47. The van der Waals surface area contributed by atoms with Crippen LogP contribution in [0.4, 0.5) is 0 Å². The quantitative estimate of drug-likeness (QED) is 0.403. The predicted octanol–water partition coefficient (Wildman–Crippen LogP) is 5.69. The second-order valence-corrected chi connectivity index (χ2v) is 8.01. The van der Waals surface area contributed by atoms with E-state index in [2.05, 4.69) is 17.1 Å². The fraction of sp³-hybridized carbons (Fsp3) is 0.167. The monoisotopic (exact) mass is 402 g/mol. The fourth-order valence-electron chi connectivity index (χ4n) is 3.18. The van der Waals surface area contributed by atoms with Crippen LogP contribution < -0.4 is 4.74 Å². The number of aromatic nitrogens is 1. The third-order valence-electron chi connectivity index (χ3n) is 5.09. The highest BCUT2D eigenvalue weighted by Crippen LogP contribution is 2.29. The van der Waals surface area contributed by atoms with Crippen molar-refractivity contribution in [2.45, 2.75) is 13.0 Å². The SMILES string of the molecule is COc1ccc2cc(/C=C/C(=O)N(C)[C@@H](C)c3nc4ccccc4s3)ccc2c1. The molecule has 1 atom stereocenters. The summed E-state index contributed by atoms with van der Waals surface area (Å²) in [5.41, 5.74) is 1.96. The number of fused-ring (bicyclic) bond motifs is 2. The number of likely N-dealkylation sites (N-methyl/N-ethyl adjacent to an activating group) is 1. The molecule has 0 saturated carbocycles. The maximum atomic E-state index is 12.7. The zero-order chi connectivity index (χ0) is 20.4. The van der Waals surface area contributed by atoms with Crippen LogP contribution in [-0.4, -0.2) is 29.9 Å². The first-order valence-electron chi connectivity index (χ1n) is 9.43. The number of thiazole rings is 1. The van der Waals surface area contributed by atoms with Crippen molar-refractivity contribution in [1.82, 2.24) is 9.88 Å². The van der Waals surface area contributed by atoms with Gasteiger partial charge in [0.1, 0.15) is 10.8 Å².